The van der Waals surface area contributed by atoms with Crippen LogP contribution in [0.25, 0.3) is 22.3 Å². The lowest BCUT2D eigenvalue weighted by atomic mass is 9.85. The van der Waals surface area contributed by atoms with Crippen LogP contribution in [-0.2, 0) is 18.8 Å². The van der Waals surface area contributed by atoms with Gasteiger partial charge in [0.2, 0.25) is 0 Å². The van der Waals surface area contributed by atoms with Gasteiger partial charge in [0.1, 0.15) is 0 Å². The van der Waals surface area contributed by atoms with Crippen LogP contribution in [0.2, 0.25) is 0 Å². The number of hydrogen-bond acceptors (Lipinski definition) is 4. The van der Waals surface area contributed by atoms with Crippen LogP contribution in [-0.4, -0.2) is 0 Å². The normalized spacial score (nSPS) is 13.2. The molecule has 0 unspecified atom stereocenters. The van der Waals surface area contributed by atoms with Gasteiger partial charge in [-0.2, -0.15) is 26.3 Å². The first-order valence-electron chi connectivity index (χ1n) is 17.9. The van der Waals surface area contributed by atoms with Crippen LogP contribution < -0.4 is 19.3 Å². The standard InChI is InChI=1S/C46H30F6N2O2/c1-2-32-43(28-19-23-30(24-20-28)45(47,48)49)37(53-33-11-3-7-15-39(33)55-40-16-8-4-12-34(40)53)27-38(44(32)29-21-25-31(26-22-29)46(50,51)52)54-35-13-5-9-17-41(35)56-42-18-10-6-14-36(42)54/h3-27H,2H2,1H3. The Hall–Kier alpha value is -6.68. The van der Waals surface area contributed by atoms with Crippen molar-refractivity contribution in [2.24, 2.45) is 0 Å². The summed E-state index contributed by atoms with van der Waals surface area (Å²) in [5.74, 6) is 2.27. The lowest BCUT2D eigenvalue weighted by molar-refractivity contribution is -0.138. The van der Waals surface area contributed by atoms with E-state index in [1.54, 1.807) is 0 Å². The zero-order chi connectivity index (χ0) is 38.8. The fourth-order valence-electron chi connectivity index (χ4n) is 7.64. The zero-order valence-corrected chi connectivity index (χ0v) is 29.6. The van der Waals surface area contributed by atoms with Crippen LogP contribution in [0.15, 0.2) is 152 Å². The monoisotopic (exact) mass is 756 g/mol. The summed E-state index contributed by atoms with van der Waals surface area (Å²) in [6.45, 7) is 1.94. The summed E-state index contributed by atoms with van der Waals surface area (Å²) >= 11 is 0. The molecular formula is C46H30F6N2O2. The quantitative estimate of drug-likeness (QED) is 0.163. The first-order valence-corrected chi connectivity index (χ1v) is 17.9. The van der Waals surface area contributed by atoms with Gasteiger partial charge in [-0.3, -0.25) is 0 Å². The minimum atomic E-state index is -4.57. The van der Waals surface area contributed by atoms with E-state index >= 15 is 0 Å². The molecule has 2 aliphatic rings. The molecule has 0 bridgehead atoms. The molecule has 0 saturated carbocycles. The highest BCUT2D eigenvalue weighted by atomic mass is 19.4. The molecule has 2 heterocycles. The van der Waals surface area contributed by atoms with Crippen molar-refractivity contribution in [3.63, 3.8) is 0 Å². The summed E-state index contributed by atoms with van der Waals surface area (Å²) in [6, 6.07) is 42.0. The van der Waals surface area contributed by atoms with E-state index in [2.05, 4.69) is 0 Å². The molecule has 10 heteroatoms. The van der Waals surface area contributed by atoms with Crippen LogP contribution in [0.1, 0.15) is 23.6 Å². The highest BCUT2D eigenvalue weighted by Crippen LogP contribution is 2.59. The fourth-order valence-corrected chi connectivity index (χ4v) is 7.64. The number of nitrogens with zero attached hydrogens (tertiary/aromatic N) is 2. The molecule has 0 N–H and O–H groups in total. The van der Waals surface area contributed by atoms with Gasteiger partial charge in [0.05, 0.1) is 45.3 Å². The number of alkyl halides is 6. The van der Waals surface area contributed by atoms with E-state index in [4.69, 9.17) is 9.47 Å². The van der Waals surface area contributed by atoms with Crippen molar-refractivity contribution in [1.82, 2.24) is 0 Å². The number of fused-ring (bicyclic) bond motifs is 4. The van der Waals surface area contributed by atoms with Crippen molar-refractivity contribution in [3.05, 3.63) is 168 Å². The maximum absolute atomic E-state index is 14.0. The van der Waals surface area contributed by atoms with E-state index in [0.29, 0.717) is 91.4 Å². The minimum absolute atomic E-state index is 0.356. The third kappa shape index (κ3) is 5.89. The number of hydrogen-bond donors (Lipinski definition) is 0. The van der Waals surface area contributed by atoms with Crippen LogP contribution in [0, 0.1) is 0 Å². The summed E-state index contributed by atoms with van der Waals surface area (Å²) in [5.41, 5.74) is 5.33. The van der Waals surface area contributed by atoms with Crippen molar-refractivity contribution in [2.75, 3.05) is 9.80 Å². The molecular weight excluding hydrogens is 727 g/mol. The van der Waals surface area contributed by atoms with Crippen LogP contribution >= 0.6 is 0 Å². The summed E-state index contributed by atoms with van der Waals surface area (Å²) in [5, 5.41) is 0. The highest BCUT2D eigenvalue weighted by Gasteiger charge is 2.36. The predicted molar refractivity (Wildman–Crippen MR) is 206 cm³/mol. The zero-order valence-electron chi connectivity index (χ0n) is 29.6. The number of rotatable bonds is 5. The summed E-state index contributed by atoms with van der Waals surface area (Å²) in [7, 11) is 0. The maximum atomic E-state index is 14.0. The van der Waals surface area contributed by atoms with E-state index in [9.17, 15) is 26.3 Å². The molecule has 0 saturated heterocycles. The molecule has 278 valence electrons. The Balaban J connectivity index is 1.44. The molecule has 0 atom stereocenters. The molecule has 0 aliphatic carbocycles. The third-order valence-electron chi connectivity index (χ3n) is 10.1. The molecule has 0 amide bonds. The lowest BCUT2D eigenvalue weighted by Gasteiger charge is -2.38. The van der Waals surface area contributed by atoms with Gasteiger partial charge >= 0.3 is 12.4 Å². The second-order valence-corrected chi connectivity index (χ2v) is 13.4. The van der Waals surface area contributed by atoms with E-state index < -0.39 is 23.5 Å². The number of halogens is 6. The molecule has 7 aromatic carbocycles. The van der Waals surface area contributed by atoms with Gasteiger partial charge in [0, 0.05) is 11.1 Å². The molecule has 56 heavy (non-hydrogen) atoms. The number of ether oxygens (including phenoxy) is 2. The van der Waals surface area contributed by atoms with Gasteiger partial charge in [-0.15, -0.1) is 0 Å². The second-order valence-electron chi connectivity index (χ2n) is 13.4. The van der Waals surface area contributed by atoms with E-state index in [1.165, 1.54) is 24.3 Å². The molecule has 0 aromatic heterocycles. The van der Waals surface area contributed by atoms with Gasteiger partial charge in [-0.05, 0) is 102 Å². The van der Waals surface area contributed by atoms with Gasteiger partial charge in [0.25, 0.3) is 0 Å². The van der Waals surface area contributed by atoms with Crippen LogP contribution in [0.3, 0.4) is 0 Å². The average Bonchev–Trinajstić information content (AvgIpc) is 3.20. The molecule has 0 radical (unpaired) electrons. The largest absolute Gasteiger partial charge is 0.453 e. The molecule has 4 nitrogen and oxygen atoms in total. The smallest absolute Gasteiger partial charge is 0.416 e. The second kappa shape index (κ2) is 13.3. The number of benzene rings is 7. The lowest BCUT2D eigenvalue weighted by Crippen LogP contribution is -2.21. The van der Waals surface area contributed by atoms with Gasteiger partial charge in [0.15, 0.2) is 23.0 Å². The van der Waals surface area contributed by atoms with Crippen molar-refractivity contribution < 1.29 is 35.8 Å². The Morgan fingerprint density at radius 2 is 0.714 bits per heavy atom. The molecule has 7 aromatic rings. The van der Waals surface area contributed by atoms with Crippen molar-refractivity contribution in [1.29, 1.82) is 0 Å². The summed E-state index contributed by atoms with van der Waals surface area (Å²) < 4.78 is 96.5. The van der Waals surface area contributed by atoms with Crippen LogP contribution in [0.5, 0.6) is 23.0 Å². The first-order chi connectivity index (χ1) is 27.0. The average molecular weight is 757 g/mol. The van der Waals surface area contributed by atoms with E-state index in [1.807, 2.05) is 120 Å². The van der Waals surface area contributed by atoms with Crippen molar-refractivity contribution >= 4 is 34.1 Å². The minimum Gasteiger partial charge on any atom is -0.453 e. The third-order valence-corrected chi connectivity index (χ3v) is 10.1. The molecule has 9 rings (SSSR count). The van der Waals surface area contributed by atoms with Crippen molar-refractivity contribution in [3.8, 4) is 45.3 Å². The molecule has 2 aliphatic heterocycles. The van der Waals surface area contributed by atoms with Gasteiger partial charge in [-0.1, -0.05) is 79.7 Å². The van der Waals surface area contributed by atoms with E-state index in [-0.39, 0.29) is 0 Å². The topological polar surface area (TPSA) is 24.9 Å². The molecule has 0 fully saturated rings. The molecule has 0 spiro atoms. The van der Waals surface area contributed by atoms with Crippen LogP contribution in [0.4, 0.5) is 60.5 Å². The predicted octanol–water partition coefficient (Wildman–Crippen LogP) is 14.8. The van der Waals surface area contributed by atoms with Gasteiger partial charge < -0.3 is 19.3 Å². The Bertz CT molecular complexity index is 2350. The first kappa shape index (κ1) is 35.0. The Kier molecular flexibility index (Phi) is 8.30. The number of anilines is 6. The summed E-state index contributed by atoms with van der Waals surface area (Å²) in [4.78, 5) is 4.08. The fraction of sp³-hybridized carbons (Fsp3) is 0.0870. The Morgan fingerprint density at radius 3 is 1.00 bits per heavy atom. The Labute approximate surface area is 318 Å². The van der Waals surface area contributed by atoms with E-state index in [0.717, 1.165) is 24.3 Å². The van der Waals surface area contributed by atoms with Crippen molar-refractivity contribution in [2.45, 2.75) is 25.7 Å². The number of para-hydroxylation sites is 8. The Morgan fingerprint density at radius 1 is 0.411 bits per heavy atom. The summed E-state index contributed by atoms with van der Waals surface area (Å²) in [6.07, 6.45) is -8.78. The maximum Gasteiger partial charge on any atom is 0.416 e. The highest BCUT2D eigenvalue weighted by molar-refractivity contribution is 6.03. The van der Waals surface area contributed by atoms with Gasteiger partial charge in [-0.25, -0.2) is 0 Å². The SMILES string of the molecule is CCc1c(-c2ccc(C(F)(F)F)cc2)c(N2c3ccccc3Oc3ccccc32)cc(N2c3ccccc3Oc3ccccc32)c1-c1ccc(C(F)(F)F)cc1.